The summed E-state index contributed by atoms with van der Waals surface area (Å²) in [7, 11) is -3.79. The molecule has 0 heterocycles. The molecule has 0 spiro atoms. The minimum atomic E-state index is -3.79. The van der Waals surface area contributed by atoms with E-state index >= 15 is 0 Å². The number of ether oxygens (including phenoxy) is 1. The van der Waals surface area contributed by atoms with Gasteiger partial charge in [0.25, 0.3) is 10.1 Å². The Morgan fingerprint density at radius 1 is 1.15 bits per heavy atom. The zero-order chi connectivity index (χ0) is 10.2. The van der Waals surface area contributed by atoms with Crippen LogP contribution in [0.25, 0.3) is 0 Å². The van der Waals surface area contributed by atoms with E-state index in [0.29, 0.717) is 26.1 Å². The van der Waals surface area contributed by atoms with Crippen LogP contribution in [0.3, 0.4) is 0 Å². The zero-order valence-corrected chi connectivity index (χ0v) is 8.55. The van der Waals surface area contributed by atoms with E-state index in [0.717, 1.165) is 12.8 Å². The van der Waals surface area contributed by atoms with Crippen molar-refractivity contribution in [1.29, 1.82) is 0 Å². The van der Waals surface area contributed by atoms with Crippen molar-refractivity contribution >= 4 is 10.1 Å². The Balaban J connectivity index is 3.09. The first-order valence-corrected chi connectivity index (χ1v) is 5.99. The van der Waals surface area contributed by atoms with Gasteiger partial charge >= 0.3 is 0 Å². The van der Waals surface area contributed by atoms with Gasteiger partial charge in [-0.25, -0.2) is 0 Å². The second-order valence-corrected chi connectivity index (χ2v) is 4.38. The highest BCUT2D eigenvalue weighted by Gasteiger charge is 2.02. The van der Waals surface area contributed by atoms with Crippen molar-refractivity contribution in [1.82, 2.24) is 0 Å². The lowest BCUT2D eigenvalue weighted by Gasteiger charge is -2.01. The van der Waals surface area contributed by atoms with Gasteiger partial charge in [-0.1, -0.05) is 13.3 Å². The first kappa shape index (κ1) is 12.9. The SMILES string of the molecule is [CH2]CCCOCCCCS(=O)(=O)O. The summed E-state index contributed by atoms with van der Waals surface area (Å²) in [6.07, 6.45) is 2.89. The first-order valence-electron chi connectivity index (χ1n) is 4.38. The fourth-order valence-electron chi connectivity index (χ4n) is 0.795. The maximum absolute atomic E-state index is 10.3. The Morgan fingerprint density at radius 3 is 2.31 bits per heavy atom. The highest BCUT2D eigenvalue weighted by molar-refractivity contribution is 7.85. The Labute approximate surface area is 80.0 Å². The van der Waals surface area contributed by atoms with Gasteiger partial charge in [-0.05, 0) is 19.3 Å². The summed E-state index contributed by atoms with van der Waals surface area (Å²) >= 11 is 0. The van der Waals surface area contributed by atoms with Crippen LogP contribution in [0.15, 0.2) is 0 Å². The van der Waals surface area contributed by atoms with E-state index in [2.05, 4.69) is 6.92 Å². The van der Waals surface area contributed by atoms with Crippen molar-refractivity contribution in [3.63, 3.8) is 0 Å². The van der Waals surface area contributed by atoms with Crippen LogP contribution in [0, 0.1) is 6.92 Å². The van der Waals surface area contributed by atoms with Gasteiger partial charge in [0.15, 0.2) is 0 Å². The molecule has 0 rings (SSSR count). The number of rotatable bonds is 8. The van der Waals surface area contributed by atoms with Crippen LogP contribution in [-0.4, -0.2) is 31.9 Å². The molecule has 0 saturated heterocycles. The Hall–Kier alpha value is -0.130. The van der Waals surface area contributed by atoms with Crippen molar-refractivity contribution < 1.29 is 17.7 Å². The van der Waals surface area contributed by atoms with Gasteiger partial charge in [-0.15, -0.1) is 0 Å². The molecule has 0 aromatic carbocycles. The van der Waals surface area contributed by atoms with Crippen LogP contribution in [-0.2, 0) is 14.9 Å². The van der Waals surface area contributed by atoms with Gasteiger partial charge in [0.05, 0.1) is 5.75 Å². The van der Waals surface area contributed by atoms with Crippen LogP contribution in [0.2, 0.25) is 0 Å². The molecule has 5 heteroatoms. The molecular weight excluding hydrogens is 192 g/mol. The van der Waals surface area contributed by atoms with Crippen LogP contribution in [0.5, 0.6) is 0 Å². The maximum atomic E-state index is 10.3. The molecule has 1 radical (unpaired) electrons. The lowest BCUT2D eigenvalue weighted by Crippen LogP contribution is -2.05. The molecule has 0 saturated carbocycles. The van der Waals surface area contributed by atoms with E-state index in [-0.39, 0.29) is 5.75 Å². The molecule has 0 aliphatic heterocycles. The van der Waals surface area contributed by atoms with Gasteiger partial charge in [-0.3, -0.25) is 4.55 Å². The van der Waals surface area contributed by atoms with Crippen molar-refractivity contribution in [3.8, 4) is 0 Å². The average Bonchev–Trinajstić information content (AvgIpc) is 2.01. The molecule has 0 aromatic rings. The minimum absolute atomic E-state index is 0.175. The fraction of sp³-hybridized carbons (Fsp3) is 0.875. The largest absolute Gasteiger partial charge is 0.381 e. The summed E-state index contributed by atoms with van der Waals surface area (Å²) in [6, 6.07) is 0. The molecule has 0 bridgehead atoms. The predicted molar refractivity (Wildman–Crippen MR) is 51.1 cm³/mol. The monoisotopic (exact) mass is 209 g/mol. The van der Waals surface area contributed by atoms with Gasteiger partial charge < -0.3 is 4.74 Å². The van der Waals surface area contributed by atoms with Crippen molar-refractivity contribution in [2.75, 3.05) is 19.0 Å². The summed E-state index contributed by atoms with van der Waals surface area (Å²) in [5.41, 5.74) is 0. The van der Waals surface area contributed by atoms with Gasteiger partial charge in [0.1, 0.15) is 0 Å². The predicted octanol–water partition coefficient (Wildman–Crippen LogP) is 1.29. The van der Waals surface area contributed by atoms with Crippen molar-refractivity contribution in [3.05, 3.63) is 6.92 Å². The van der Waals surface area contributed by atoms with E-state index in [9.17, 15) is 8.42 Å². The quantitative estimate of drug-likeness (QED) is 0.483. The summed E-state index contributed by atoms with van der Waals surface area (Å²) < 4.78 is 34.1. The second kappa shape index (κ2) is 7.29. The third-order valence-electron chi connectivity index (χ3n) is 1.48. The molecule has 0 fully saturated rings. The minimum Gasteiger partial charge on any atom is -0.381 e. The third-order valence-corrected chi connectivity index (χ3v) is 2.28. The zero-order valence-electron chi connectivity index (χ0n) is 7.74. The second-order valence-electron chi connectivity index (χ2n) is 2.81. The van der Waals surface area contributed by atoms with Crippen LogP contribution in [0.1, 0.15) is 25.7 Å². The van der Waals surface area contributed by atoms with E-state index in [1.165, 1.54) is 0 Å². The topological polar surface area (TPSA) is 63.6 Å². The summed E-state index contributed by atoms with van der Waals surface area (Å²) in [5.74, 6) is -0.175. The highest BCUT2D eigenvalue weighted by Crippen LogP contribution is 1.95. The van der Waals surface area contributed by atoms with Crippen molar-refractivity contribution in [2.24, 2.45) is 0 Å². The normalized spacial score (nSPS) is 11.8. The first-order chi connectivity index (χ1) is 6.06. The van der Waals surface area contributed by atoms with Crippen LogP contribution >= 0.6 is 0 Å². The summed E-state index contributed by atoms with van der Waals surface area (Å²) in [4.78, 5) is 0. The molecule has 0 atom stereocenters. The molecule has 0 unspecified atom stereocenters. The van der Waals surface area contributed by atoms with Crippen LogP contribution < -0.4 is 0 Å². The van der Waals surface area contributed by atoms with E-state index in [1.54, 1.807) is 0 Å². The lowest BCUT2D eigenvalue weighted by molar-refractivity contribution is 0.129. The van der Waals surface area contributed by atoms with E-state index in [1.807, 2.05) is 0 Å². The maximum Gasteiger partial charge on any atom is 0.264 e. The number of hydrogen-bond acceptors (Lipinski definition) is 3. The molecule has 0 aromatic heterocycles. The molecule has 0 aliphatic carbocycles. The molecule has 4 nitrogen and oxygen atoms in total. The Morgan fingerprint density at radius 2 is 1.77 bits per heavy atom. The smallest absolute Gasteiger partial charge is 0.264 e. The Bertz CT molecular complexity index is 198. The molecule has 0 aliphatic rings. The number of hydrogen-bond donors (Lipinski definition) is 1. The Kier molecular flexibility index (Phi) is 7.22. The molecular formula is C8H17O4S. The number of unbranched alkanes of at least 4 members (excludes halogenated alkanes) is 2. The third kappa shape index (κ3) is 11.9. The van der Waals surface area contributed by atoms with Gasteiger partial charge in [-0.2, -0.15) is 8.42 Å². The molecule has 13 heavy (non-hydrogen) atoms. The molecule has 0 amide bonds. The summed E-state index contributed by atoms with van der Waals surface area (Å²) in [5, 5.41) is 0. The van der Waals surface area contributed by atoms with Crippen LogP contribution in [0.4, 0.5) is 0 Å². The lowest BCUT2D eigenvalue weighted by atomic mass is 10.3. The molecule has 79 valence electrons. The van der Waals surface area contributed by atoms with E-state index in [4.69, 9.17) is 9.29 Å². The molecule has 1 N–H and O–H groups in total. The average molecular weight is 209 g/mol. The fourth-order valence-corrected chi connectivity index (χ4v) is 1.36. The van der Waals surface area contributed by atoms with Gasteiger partial charge in [0, 0.05) is 13.2 Å². The van der Waals surface area contributed by atoms with E-state index < -0.39 is 10.1 Å². The highest BCUT2D eigenvalue weighted by atomic mass is 32.2. The standard InChI is InChI=1S/C8H17O4S/c1-2-3-6-12-7-4-5-8-13(9,10)11/h1-8H2,(H,9,10,11). The summed E-state index contributed by atoms with van der Waals surface area (Å²) in [6.45, 7) is 4.89. The van der Waals surface area contributed by atoms with Gasteiger partial charge in [0.2, 0.25) is 0 Å². The van der Waals surface area contributed by atoms with Crippen molar-refractivity contribution in [2.45, 2.75) is 25.7 Å².